The number of aromatic nitrogens is 2. The molecule has 0 amide bonds. The van der Waals surface area contributed by atoms with Crippen LogP contribution in [-0.4, -0.2) is 26.7 Å². The Morgan fingerprint density at radius 3 is 2.50 bits per heavy atom. The van der Waals surface area contributed by atoms with Gasteiger partial charge in [0.15, 0.2) is 0 Å². The van der Waals surface area contributed by atoms with Gasteiger partial charge in [-0.3, -0.25) is 4.68 Å². The molecule has 0 aliphatic rings. The first-order valence-electron chi connectivity index (χ1n) is 6.53. The minimum Gasteiger partial charge on any atom is -0.392 e. The molecule has 0 saturated heterocycles. The molecule has 3 nitrogen and oxygen atoms in total. The molecule has 2 rings (SSSR count). The van der Waals surface area contributed by atoms with Crippen LogP contribution in [0.4, 0.5) is 0 Å². The number of rotatable bonds is 5. The fourth-order valence-electron chi connectivity index (χ4n) is 2.03. The SMILES string of the molecule is Cc1ccc(SCC(O)Cc2c(C)nn(C)c2Cl)cc1. The molecule has 0 fully saturated rings. The van der Waals surface area contributed by atoms with E-state index >= 15 is 0 Å². The summed E-state index contributed by atoms with van der Waals surface area (Å²) < 4.78 is 1.64. The van der Waals surface area contributed by atoms with E-state index in [2.05, 4.69) is 36.3 Å². The van der Waals surface area contributed by atoms with E-state index in [9.17, 15) is 5.11 Å². The van der Waals surface area contributed by atoms with Gasteiger partial charge < -0.3 is 5.11 Å². The molecule has 20 heavy (non-hydrogen) atoms. The smallest absolute Gasteiger partial charge is 0.130 e. The van der Waals surface area contributed by atoms with Crippen LogP contribution in [0.25, 0.3) is 0 Å². The first-order valence-corrected chi connectivity index (χ1v) is 7.89. The number of hydrogen-bond donors (Lipinski definition) is 1. The maximum atomic E-state index is 10.2. The van der Waals surface area contributed by atoms with Crippen molar-refractivity contribution < 1.29 is 5.11 Å². The molecule has 1 unspecified atom stereocenters. The summed E-state index contributed by atoms with van der Waals surface area (Å²) in [4.78, 5) is 1.17. The van der Waals surface area contributed by atoms with Crippen LogP contribution >= 0.6 is 23.4 Å². The lowest BCUT2D eigenvalue weighted by Crippen LogP contribution is -2.14. The van der Waals surface area contributed by atoms with Gasteiger partial charge in [0.05, 0.1) is 11.8 Å². The second kappa shape index (κ2) is 6.66. The third-order valence-corrected chi connectivity index (χ3v) is 4.80. The summed E-state index contributed by atoms with van der Waals surface area (Å²) in [6.07, 6.45) is 0.110. The van der Waals surface area contributed by atoms with E-state index < -0.39 is 6.10 Å². The minimum absolute atomic E-state index is 0.429. The summed E-state index contributed by atoms with van der Waals surface area (Å²) in [5.74, 6) is 0.647. The molecule has 2 aromatic rings. The van der Waals surface area contributed by atoms with E-state index in [1.807, 2.05) is 14.0 Å². The van der Waals surface area contributed by atoms with Crippen molar-refractivity contribution in [3.8, 4) is 0 Å². The van der Waals surface area contributed by atoms with Crippen molar-refractivity contribution in [2.75, 3.05) is 5.75 Å². The van der Waals surface area contributed by atoms with Gasteiger partial charge in [-0.1, -0.05) is 29.3 Å². The fourth-order valence-corrected chi connectivity index (χ4v) is 3.11. The van der Waals surface area contributed by atoms with Crippen LogP contribution in [0.1, 0.15) is 16.8 Å². The first kappa shape index (κ1) is 15.4. The molecule has 0 saturated carbocycles. The molecule has 0 aliphatic carbocycles. The molecular weight excluding hydrogens is 292 g/mol. The Bertz CT molecular complexity index is 580. The summed E-state index contributed by atoms with van der Waals surface area (Å²) in [6, 6.07) is 8.32. The number of nitrogens with zero attached hydrogens (tertiary/aromatic N) is 2. The van der Waals surface area contributed by atoms with Crippen molar-refractivity contribution in [1.82, 2.24) is 9.78 Å². The first-order chi connectivity index (χ1) is 9.47. The van der Waals surface area contributed by atoms with E-state index in [0.29, 0.717) is 17.3 Å². The lowest BCUT2D eigenvalue weighted by molar-refractivity contribution is 0.200. The molecule has 1 aromatic heterocycles. The second-order valence-corrected chi connectivity index (χ2v) is 6.41. The summed E-state index contributed by atoms with van der Waals surface area (Å²) >= 11 is 7.83. The van der Waals surface area contributed by atoms with Crippen LogP contribution in [0.3, 0.4) is 0 Å². The van der Waals surface area contributed by atoms with Crippen molar-refractivity contribution in [2.45, 2.75) is 31.3 Å². The monoisotopic (exact) mass is 310 g/mol. The Balaban J connectivity index is 1.92. The standard InChI is InChI=1S/C15H19ClN2OS/c1-10-4-6-13(7-5-10)20-9-12(19)8-14-11(2)17-18(3)15(14)16/h4-7,12,19H,8-9H2,1-3H3. The molecule has 1 aromatic carbocycles. The van der Waals surface area contributed by atoms with Gasteiger partial charge in [-0.25, -0.2) is 0 Å². The Morgan fingerprint density at radius 2 is 1.95 bits per heavy atom. The number of benzene rings is 1. The highest BCUT2D eigenvalue weighted by Gasteiger charge is 2.15. The van der Waals surface area contributed by atoms with Crippen LogP contribution in [0.5, 0.6) is 0 Å². The number of aryl methyl sites for hydroxylation is 3. The summed E-state index contributed by atoms with van der Waals surface area (Å²) in [5.41, 5.74) is 3.07. The van der Waals surface area contributed by atoms with Crippen molar-refractivity contribution in [1.29, 1.82) is 0 Å². The Hall–Kier alpha value is -0.970. The van der Waals surface area contributed by atoms with Crippen molar-refractivity contribution in [2.24, 2.45) is 7.05 Å². The molecule has 108 valence electrons. The fraction of sp³-hybridized carbons (Fsp3) is 0.400. The minimum atomic E-state index is -0.429. The number of halogens is 1. The lowest BCUT2D eigenvalue weighted by Gasteiger charge is -2.10. The van der Waals surface area contributed by atoms with Crippen molar-refractivity contribution >= 4 is 23.4 Å². The topological polar surface area (TPSA) is 38.1 Å². The molecule has 0 aliphatic heterocycles. The van der Waals surface area contributed by atoms with Crippen LogP contribution in [0, 0.1) is 13.8 Å². The zero-order chi connectivity index (χ0) is 14.7. The van der Waals surface area contributed by atoms with Gasteiger partial charge in [0, 0.05) is 29.7 Å². The Kier molecular flexibility index (Phi) is 5.13. The summed E-state index contributed by atoms with van der Waals surface area (Å²) in [5, 5.41) is 15.0. The molecule has 1 N–H and O–H groups in total. The van der Waals surface area contributed by atoms with E-state index in [0.717, 1.165) is 11.3 Å². The van der Waals surface area contributed by atoms with Crippen LogP contribution in [-0.2, 0) is 13.5 Å². The zero-order valence-corrected chi connectivity index (χ0v) is 13.5. The third-order valence-electron chi connectivity index (χ3n) is 3.17. The predicted octanol–water partition coefficient (Wildman–Crippen LogP) is 3.39. The van der Waals surface area contributed by atoms with Crippen LogP contribution in [0.2, 0.25) is 5.15 Å². The summed E-state index contributed by atoms with van der Waals surface area (Å²) in [6.45, 7) is 3.98. The third kappa shape index (κ3) is 3.78. The number of aliphatic hydroxyl groups is 1. The largest absolute Gasteiger partial charge is 0.392 e. The molecule has 1 atom stereocenters. The molecule has 5 heteroatoms. The average Bonchev–Trinajstić information content (AvgIpc) is 2.65. The van der Waals surface area contributed by atoms with Gasteiger partial charge in [0.2, 0.25) is 0 Å². The van der Waals surface area contributed by atoms with E-state index in [1.165, 1.54) is 10.5 Å². The van der Waals surface area contributed by atoms with Gasteiger partial charge in [0.25, 0.3) is 0 Å². The predicted molar refractivity (Wildman–Crippen MR) is 84.6 cm³/mol. The maximum Gasteiger partial charge on any atom is 0.130 e. The molecule has 1 heterocycles. The lowest BCUT2D eigenvalue weighted by atomic mass is 10.1. The highest BCUT2D eigenvalue weighted by atomic mass is 35.5. The summed E-state index contributed by atoms with van der Waals surface area (Å²) in [7, 11) is 1.81. The highest BCUT2D eigenvalue weighted by molar-refractivity contribution is 7.99. The van der Waals surface area contributed by atoms with E-state index in [4.69, 9.17) is 11.6 Å². The average molecular weight is 311 g/mol. The van der Waals surface area contributed by atoms with Gasteiger partial charge in [-0.2, -0.15) is 5.10 Å². The highest BCUT2D eigenvalue weighted by Crippen LogP contribution is 2.24. The molecule has 0 radical (unpaired) electrons. The van der Waals surface area contributed by atoms with Gasteiger partial charge >= 0.3 is 0 Å². The van der Waals surface area contributed by atoms with E-state index in [-0.39, 0.29) is 0 Å². The van der Waals surface area contributed by atoms with Crippen molar-refractivity contribution in [3.63, 3.8) is 0 Å². The number of thioether (sulfide) groups is 1. The normalized spacial score (nSPS) is 12.7. The van der Waals surface area contributed by atoms with Crippen LogP contribution in [0.15, 0.2) is 29.2 Å². The van der Waals surface area contributed by atoms with E-state index in [1.54, 1.807) is 16.4 Å². The molecule has 0 spiro atoms. The van der Waals surface area contributed by atoms with Gasteiger partial charge in [-0.05, 0) is 26.0 Å². The number of aliphatic hydroxyl groups excluding tert-OH is 1. The maximum absolute atomic E-state index is 10.2. The van der Waals surface area contributed by atoms with Crippen LogP contribution < -0.4 is 0 Å². The van der Waals surface area contributed by atoms with Gasteiger partial charge in [-0.15, -0.1) is 11.8 Å². The molecule has 0 bridgehead atoms. The van der Waals surface area contributed by atoms with Crippen molar-refractivity contribution in [3.05, 3.63) is 46.2 Å². The Labute approximate surface area is 129 Å². The quantitative estimate of drug-likeness (QED) is 0.860. The number of hydrogen-bond acceptors (Lipinski definition) is 3. The Morgan fingerprint density at radius 1 is 1.30 bits per heavy atom. The van der Waals surface area contributed by atoms with Gasteiger partial charge in [0.1, 0.15) is 5.15 Å². The molecular formula is C15H19ClN2OS. The zero-order valence-electron chi connectivity index (χ0n) is 11.9. The second-order valence-electron chi connectivity index (χ2n) is 4.96.